The van der Waals surface area contributed by atoms with E-state index in [9.17, 15) is 14.4 Å². The van der Waals surface area contributed by atoms with Crippen molar-refractivity contribution in [2.75, 3.05) is 31.1 Å². The number of fused-ring (bicyclic) bond motifs is 6. The lowest BCUT2D eigenvalue weighted by Gasteiger charge is -2.44. The van der Waals surface area contributed by atoms with Crippen molar-refractivity contribution >= 4 is 23.4 Å². The van der Waals surface area contributed by atoms with Gasteiger partial charge in [-0.1, -0.05) is 36.8 Å². The van der Waals surface area contributed by atoms with Crippen molar-refractivity contribution in [2.45, 2.75) is 44.3 Å². The number of carbonyl (C=O) groups is 3. The molecule has 4 aliphatic rings. The van der Waals surface area contributed by atoms with Gasteiger partial charge in [0.05, 0.1) is 11.3 Å². The van der Waals surface area contributed by atoms with Crippen molar-refractivity contribution in [2.24, 2.45) is 5.92 Å². The van der Waals surface area contributed by atoms with Crippen molar-refractivity contribution in [3.63, 3.8) is 0 Å². The summed E-state index contributed by atoms with van der Waals surface area (Å²) in [6, 6.07) is 15.1. The monoisotopic (exact) mass is 458 g/mol. The van der Waals surface area contributed by atoms with Crippen molar-refractivity contribution in [1.82, 2.24) is 15.1 Å². The van der Waals surface area contributed by atoms with E-state index in [1.165, 1.54) is 38.8 Å². The number of hydrogen-bond donors (Lipinski definition) is 1. The number of piperidine rings is 2. The molecule has 0 aromatic heterocycles. The topological polar surface area (TPSA) is 73.0 Å². The van der Waals surface area contributed by atoms with Crippen LogP contribution in [-0.4, -0.2) is 59.7 Å². The van der Waals surface area contributed by atoms with Crippen LogP contribution < -0.4 is 10.2 Å². The first kappa shape index (κ1) is 21.4. The molecule has 3 amide bonds. The van der Waals surface area contributed by atoms with Crippen LogP contribution in [0.4, 0.5) is 5.69 Å². The van der Waals surface area contributed by atoms with Gasteiger partial charge in [0.1, 0.15) is 12.7 Å². The second-order valence-electron chi connectivity index (χ2n) is 9.89. The number of anilines is 1. The first-order chi connectivity index (χ1) is 16.6. The average molecular weight is 459 g/mol. The Morgan fingerprint density at radius 3 is 2.53 bits per heavy atom. The Balaban J connectivity index is 1.23. The number of carbonyl (C=O) groups excluding carboxylic acids is 3. The van der Waals surface area contributed by atoms with Crippen molar-refractivity contribution in [1.29, 1.82) is 0 Å². The quantitative estimate of drug-likeness (QED) is 0.764. The Labute approximate surface area is 199 Å². The van der Waals surface area contributed by atoms with Gasteiger partial charge in [0.25, 0.3) is 11.8 Å². The zero-order valence-corrected chi connectivity index (χ0v) is 19.3. The fraction of sp³-hybridized carbons (Fsp3) is 0.444. The number of para-hydroxylation sites is 1. The number of hydrogen-bond acceptors (Lipinski definition) is 4. The fourth-order valence-electron chi connectivity index (χ4n) is 6.40. The van der Waals surface area contributed by atoms with Gasteiger partial charge in [-0.25, -0.2) is 0 Å². The molecule has 2 saturated heterocycles. The lowest BCUT2D eigenvalue weighted by atomic mass is 9.83. The van der Waals surface area contributed by atoms with E-state index in [1.807, 2.05) is 24.3 Å². The van der Waals surface area contributed by atoms with Crippen LogP contribution in [0.5, 0.6) is 0 Å². The molecule has 0 bridgehead atoms. The molecule has 6 rings (SSSR count). The fourth-order valence-corrected chi connectivity index (χ4v) is 6.40. The molecule has 2 aromatic carbocycles. The highest BCUT2D eigenvalue weighted by Crippen LogP contribution is 2.45. The van der Waals surface area contributed by atoms with Gasteiger partial charge in [0, 0.05) is 23.7 Å². The van der Waals surface area contributed by atoms with Crippen molar-refractivity contribution in [3.05, 3.63) is 65.2 Å². The third kappa shape index (κ3) is 3.41. The minimum atomic E-state index is -0.597. The number of benzene rings is 2. The van der Waals surface area contributed by atoms with E-state index in [4.69, 9.17) is 0 Å². The lowest BCUT2D eigenvalue weighted by molar-refractivity contribution is -0.122. The molecule has 0 radical (unpaired) electrons. The molecule has 0 spiro atoms. The van der Waals surface area contributed by atoms with E-state index in [0.29, 0.717) is 35.3 Å². The molecule has 3 atom stereocenters. The molecule has 3 unspecified atom stereocenters. The summed E-state index contributed by atoms with van der Waals surface area (Å²) < 4.78 is 0. The predicted molar refractivity (Wildman–Crippen MR) is 128 cm³/mol. The maximum atomic E-state index is 13.5. The summed E-state index contributed by atoms with van der Waals surface area (Å²) in [4.78, 5) is 45.7. The Hall–Kier alpha value is -3.19. The maximum Gasteiger partial charge on any atom is 0.260 e. The van der Waals surface area contributed by atoms with E-state index >= 15 is 0 Å². The van der Waals surface area contributed by atoms with Gasteiger partial charge in [-0.2, -0.15) is 0 Å². The highest BCUT2D eigenvalue weighted by Gasteiger charge is 2.48. The van der Waals surface area contributed by atoms with Gasteiger partial charge in [-0.3, -0.25) is 19.3 Å². The standard InChI is InChI=1S/C27H30N4O3/c32-24(28-16-18-8-7-15-29-14-6-5-12-22(18)29)17-30-25-19-9-1-2-10-20(19)27(34)31(25)23-13-4-3-11-21(23)26(30)33/h1-4,9-11,13,18,22,25H,5-8,12,14-17H2,(H,28,32). The minimum Gasteiger partial charge on any atom is -0.354 e. The Bertz CT molecular complexity index is 1150. The first-order valence-electron chi connectivity index (χ1n) is 12.5. The average Bonchev–Trinajstić information content (AvgIpc) is 3.18. The highest BCUT2D eigenvalue weighted by molar-refractivity contribution is 6.17. The van der Waals surface area contributed by atoms with Gasteiger partial charge in [-0.05, 0) is 62.9 Å². The SMILES string of the molecule is O=C(CN1C(=O)c2ccccc2N2C(=O)c3ccccc3C12)NCC1CCCN2CCCCC12. The van der Waals surface area contributed by atoms with Gasteiger partial charge in [0.15, 0.2) is 0 Å². The summed E-state index contributed by atoms with van der Waals surface area (Å²) in [6.07, 6.45) is 5.45. The highest BCUT2D eigenvalue weighted by atomic mass is 16.2. The van der Waals surface area contributed by atoms with E-state index in [2.05, 4.69) is 10.2 Å². The summed E-state index contributed by atoms with van der Waals surface area (Å²) >= 11 is 0. The molecule has 1 N–H and O–H groups in total. The normalized spacial score (nSPS) is 25.9. The largest absolute Gasteiger partial charge is 0.354 e. The van der Waals surface area contributed by atoms with Gasteiger partial charge >= 0.3 is 0 Å². The molecule has 7 heteroatoms. The molecular weight excluding hydrogens is 428 g/mol. The van der Waals surface area contributed by atoms with Crippen molar-refractivity contribution < 1.29 is 14.4 Å². The number of nitrogens with one attached hydrogen (secondary N) is 1. The third-order valence-corrected chi connectivity index (χ3v) is 7.99. The van der Waals surface area contributed by atoms with Crippen LogP contribution in [0.3, 0.4) is 0 Å². The molecule has 7 nitrogen and oxygen atoms in total. The maximum absolute atomic E-state index is 13.5. The van der Waals surface area contributed by atoms with Crippen LogP contribution in [0.25, 0.3) is 0 Å². The van der Waals surface area contributed by atoms with Gasteiger partial charge in [-0.15, -0.1) is 0 Å². The van der Waals surface area contributed by atoms with E-state index in [1.54, 1.807) is 34.1 Å². The first-order valence-corrected chi connectivity index (χ1v) is 12.5. The van der Waals surface area contributed by atoms with Crippen molar-refractivity contribution in [3.8, 4) is 0 Å². The van der Waals surface area contributed by atoms with Crippen LogP contribution >= 0.6 is 0 Å². The smallest absolute Gasteiger partial charge is 0.260 e. The summed E-state index contributed by atoms with van der Waals surface area (Å²) in [5.74, 6) is -0.0586. The predicted octanol–water partition coefficient (Wildman–Crippen LogP) is 3.18. The molecule has 2 fully saturated rings. The molecule has 176 valence electrons. The summed E-state index contributed by atoms with van der Waals surface area (Å²) in [6.45, 7) is 2.91. The van der Waals surface area contributed by atoms with Crippen LogP contribution in [0.2, 0.25) is 0 Å². The van der Waals surface area contributed by atoms with E-state index in [0.717, 1.165) is 12.0 Å². The lowest BCUT2D eigenvalue weighted by Crippen LogP contribution is -2.53. The number of nitrogens with zero attached hydrogens (tertiary/aromatic N) is 3. The van der Waals surface area contributed by atoms with Crippen LogP contribution in [0, 0.1) is 5.92 Å². The number of amides is 3. The molecule has 4 heterocycles. The molecular formula is C27H30N4O3. The molecule has 2 aromatic rings. The van der Waals surface area contributed by atoms with Crippen LogP contribution in [-0.2, 0) is 4.79 Å². The summed E-state index contributed by atoms with van der Waals surface area (Å²) in [5.41, 5.74) is 2.42. The Morgan fingerprint density at radius 2 is 1.65 bits per heavy atom. The molecule has 0 aliphatic carbocycles. The molecule has 4 aliphatic heterocycles. The minimum absolute atomic E-state index is 0.0724. The Morgan fingerprint density at radius 1 is 0.882 bits per heavy atom. The number of rotatable bonds is 4. The second-order valence-corrected chi connectivity index (χ2v) is 9.89. The van der Waals surface area contributed by atoms with E-state index < -0.39 is 6.17 Å². The third-order valence-electron chi connectivity index (χ3n) is 7.99. The second kappa shape index (κ2) is 8.55. The zero-order chi connectivity index (χ0) is 23.2. The van der Waals surface area contributed by atoms with Crippen LogP contribution in [0.1, 0.15) is 64.5 Å². The summed E-state index contributed by atoms with van der Waals surface area (Å²) in [5, 5.41) is 3.13. The zero-order valence-electron chi connectivity index (χ0n) is 19.3. The van der Waals surface area contributed by atoms with Gasteiger partial charge < -0.3 is 15.1 Å². The summed E-state index contributed by atoms with van der Waals surface area (Å²) in [7, 11) is 0. The van der Waals surface area contributed by atoms with Crippen LogP contribution in [0.15, 0.2) is 48.5 Å². The Kier molecular flexibility index (Phi) is 5.37. The molecule has 34 heavy (non-hydrogen) atoms. The van der Waals surface area contributed by atoms with E-state index in [-0.39, 0.29) is 24.3 Å². The van der Waals surface area contributed by atoms with Gasteiger partial charge in [0.2, 0.25) is 5.91 Å². The molecule has 0 saturated carbocycles.